The molecule has 4 aromatic carbocycles. The molecule has 6 heteroatoms. The van der Waals surface area contributed by atoms with E-state index in [1.165, 1.54) is 6.21 Å². The molecule has 0 spiro atoms. The van der Waals surface area contributed by atoms with Gasteiger partial charge in [-0.05, 0) is 53.1 Å². The summed E-state index contributed by atoms with van der Waals surface area (Å²) in [5, 5.41) is 4.44. The molecule has 34 heavy (non-hydrogen) atoms. The fourth-order valence-electron chi connectivity index (χ4n) is 3.43. The minimum absolute atomic E-state index is 0.237. The molecule has 0 aliphatic rings. The molecule has 0 heterocycles. The molecular weight excluding hydrogens is 448 g/mol. The van der Waals surface area contributed by atoms with Gasteiger partial charge in [0.15, 0.2) is 0 Å². The summed E-state index contributed by atoms with van der Waals surface area (Å²) in [5.41, 5.74) is 5.42. The lowest BCUT2D eigenvalue weighted by molar-refractivity contribution is -0.121. The molecule has 168 valence electrons. The number of halogens is 1. The van der Waals surface area contributed by atoms with E-state index in [1.807, 2.05) is 60.7 Å². The first-order valence-corrected chi connectivity index (χ1v) is 11.0. The smallest absolute Gasteiger partial charge is 0.345 e. The Labute approximate surface area is 202 Å². The van der Waals surface area contributed by atoms with Crippen LogP contribution in [0.15, 0.2) is 114 Å². The van der Waals surface area contributed by atoms with E-state index in [1.54, 1.807) is 48.5 Å². The van der Waals surface area contributed by atoms with Crippen LogP contribution in [0.1, 0.15) is 33.0 Å². The molecule has 0 aliphatic carbocycles. The number of hydrogen-bond acceptors (Lipinski definition) is 4. The van der Waals surface area contributed by atoms with Crippen molar-refractivity contribution in [3.05, 3.63) is 136 Å². The van der Waals surface area contributed by atoms with Gasteiger partial charge in [0.2, 0.25) is 0 Å². The monoisotopic (exact) mass is 468 g/mol. The van der Waals surface area contributed by atoms with Crippen molar-refractivity contribution in [2.24, 2.45) is 5.10 Å². The lowest BCUT2D eigenvalue weighted by Gasteiger charge is -2.16. The van der Waals surface area contributed by atoms with E-state index < -0.39 is 11.9 Å². The van der Waals surface area contributed by atoms with Crippen molar-refractivity contribution in [2.45, 2.75) is 5.92 Å². The zero-order valence-electron chi connectivity index (χ0n) is 18.1. The van der Waals surface area contributed by atoms with Gasteiger partial charge in [-0.2, -0.15) is 5.10 Å². The van der Waals surface area contributed by atoms with Crippen LogP contribution in [0.25, 0.3) is 0 Å². The third-order valence-corrected chi connectivity index (χ3v) is 5.43. The van der Waals surface area contributed by atoms with Crippen molar-refractivity contribution in [2.75, 3.05) is 0 Å². The number of carbonyl (C=O) groups excluding carboxylic acids is 2. The van der Waals surface area contributed by atoms with Crippen LogP contribution < -0.4 is 10.2 Å². The maximum atomic E-state index is 13.0. The fourth-order valence-corrected chi connectivity index (χ4v) is 3.64. The first-order valence-electron chi connectivity index (χ1n) is 10.6. The van der Waals surface area contributed by atoms with E-state index in [0.717, 1.165) is 16.7 Å². The molecule has 1 N–H and O–H groups in total. The Kier molecular flexibility index (Phi) is 7.48. The highest BCUT2D eigenvalue weighted by Crippen LogP contribution is 2.24. The standard InChI is InChI=1S/C28H21ClN2O3/c29-25-14-8-7-13-24(25)28(33)34-23-17-15-20(16-18-23)19-30-31-27(32)26(21-9-3-1-4-10-21)22-11-5-2-6-12-22/h1-19,26H,(H,31,32)/b30-19+. The van der Waals surface area contributed by atoms with E-state index >= 15 is 0 Å². The summed E-state index contributed by atoms with van der Waals surface area (Å²) in [6.07, 6.45) is 1.53. The third kappa shape index (κ3) is 5.77. The molecule has 0 unspecified atom stereocenters. The number of hydrogen-bond donors (Lipinski definition) is 1. The van der Waals surface area contributed by atoms with Gasteiger partial charge < -0.3 is 4.74 Å². The highest BCUT2D eigenvalue weighted by Gasteiger charge is 2.22. The molecule has 5 nitrogen and oxygen atoms in total. The van der Waals surface area contributed by atoms with Gasteiger partial charge in [0, 0.05) is 0 Å². The van der Waals surface area contributed by atoms with E-state index in [-0.39, 0.29) is 5.91 Å². The SMILES string of the molecule is O=C(Oc1ccc(/C=N/NC(=O)C(c2ccccc2)c2ccccc2)cc1)c1ccccc1Cl. The van der Waals surface area contributed by atoms with Crippen molar-refractivity contribution in [3.8, 4) is 5.75 Å². The van der Waals surface area contributed by atoms with Crippen LogP contribution in [0, 0.1) is 0 Å². The molecule has 0 saturated heterocycles. The largest absolute Gasteiger partial charge is 0.423 e. The predicted octanol–water partition coefficient (Wildman–Crippen LogP) is 5.84. The fraction of sp³-hybridized carbons (Fsp3) is 0.0357. The topological polar surface area (TPSA) is 67.8 Å². The van der Waals surface area contributed by atoms with Gasteiger partial charge in [0.05, 0.1) is 22.7 Å². The number of rotatable bonds is 7. The summed E-state index contributed by atoms with van der Waals surface area (Å²) >= 11 is 6.04. The second-order valence-electron chi connectivity index (χ2n) is 7.43. The molecule has 4 rings (SSSR count). The maximum absolute atomic E-state index is 13.0. The molecule has 0 aromatic heterocycles. The van der Waals surface area contributed by atoms with E-state index in [9.17, 15) is 9.59 Å². The van der Waals surface area contributed by atoms with Crippen LogP contribution in [0.5, 0.6) is 5.75 Å². The first kappa shape index (κ1) is 23.0. The Morgan fingerprint density at radius 2 is 1.32 bits per heavy atom. The first-order chi connectivity index (χ1) is 16.6. The molecule has 0 radical (unpaired) electrons. The lowest BCUT2D eigenvalue weighted by Crippen LogP contribution is -2.26. The van der Waals surface area contributed by atoms with Crippen molar-refractivity contribution in [1.82, 2.24) is 5.43 Å². The van der Waals surface area contributed by atoms with Gasteiger partial charge in [-0.1, -0.05) is 84.4 Å². The summed E-state index contributed by atoms with van der Waals surface area (Å²) in [6, 6.07) is 32.6. The number of ether oxygens (including phenoxy) is 1. The number of amides is 1. The predicted molar refractivity (Wildman–Crippen MR) is 133 cm³/mol. The van der Waals surface area contributed by atoms with E-state index in [0.29, 0.717) is 16.3 Å². The molecule has 0 saturated carbocycles. The number of nitrogens with one attached hydrogen (secondary N) is 1. The number of hydrazone groups is 1. The Hall–Kier alpha value is -4.22. The molecule has 4 aromatic rings. The number of benzene rings is 4. The van der Waals surface area contributed by atoms with Gasteiger partial charge in [-0.15, -0.1) is 0 Å². The van der Waals surface area contributed by atoms with Crippen LogP contribution in [0.2, 0.25) is 5.02 Å². The Morgan fingerprint density at radius 3 is 1.91 bits per heavy atom. The van der Waals surface area contributed by atoms with Crippen molar-refractivity contribution in [1.29, 1.82) is 0 Å². The molecule has 0 aliphatic heterocycles. The Bertz CT molecular complexity index is 1250. The van der Waals surface area contributed by atoms with Gasteiger partial charge in [-0.25, -0.2) is 10.2 Å². The van der Waals surface area contributed by atoms with Crippen molar-refractivity contribution in [3.63, 3.8) is 0 Å². The van der Waals surface area contributed by atoms with Crippen molar-refractivity contribution < 1.29 is 14.3 Å². The summed E-state index contributed by atoms with van der Waals surface area (Å²) in [4.78, 5) is 25.3. The van der Waals surface area contributed by atoms with Crippen LogP contribution in [-0.2, 0) is 4.79 Å². The van der Waals surface area contributed by atoms with E-state index in [4.69, 9.17) is 16.3 Å². The zero-order valence-corrected chi connectivity index (χ0v) is 18.9. The highest BCUT2D eigenvalue weighted by atomic mass is 35.5. The van der Waals surface area contributed by atoms with Gasteiger partial charge >= 0.3 is 5.97 Å². The number of esters is 1. The number of nitrogens with zero attached hydrogens (tertiary/aromatic N) is 1. The highest BCUT2D eigenvalue weighted by molar-refractivity contribution is 6.33. The van der Waals surface area contributed by atoms with Crippen LogP contribution in [0.4, 0.5) is 0 Å². The Morgan fingerprint density at radius 1 is 0.765 bits per heavy atom. The van der Waals surface area contributed by atoms with E-state index in [2.05, 4.69) is 10.5 Å². The zero-order chi connectivity index (χ0) is 23.8. The molecule has 0 fully saturated rings. The summed E-state index contributed by atoms with van der Waals surface area (Å²) in [6.45, 7) is 0. The quantitative estimate of drug-likeness (QED) is 0.160. The van der Waals surface area contributed by atoms with Gasteiger partial charge in [0.1, 0.15) is 5.75 Å². The number of carbonyl (C=O) groups is 2. The third-order valence-electron chi connectivity index (χ3n) is 5.10. The molecule has 0 bridgehead atoms. The normalized spacial score (nSPS) is 10.9. The van der Waals surface area contributed by atoms with Crippen LogP contribution >= 0.6 is 11.6 Å². The Balaban J connectivity index is 1.41. The van der Waals surface area contributed by atoms with Crippen LogP contribution in [0.3, 0.4) is 0 Å². The minimum Gasteiger partial charge on any atom is -0.423 e. The van der Waals surface area contributed by atoms with Gasteiger partial charge in [-0.3, -0.25) is 4.79 Å². The molecule has 0 atom stereocenters. The second kappa shape index (κ2) is 11.1. The average molecular weight is 469 g/mol. The summed E-state index contributed by atoms with van der Waals surface area (Å²) < 4.78 is 5.37. The molecular formula is C28H21ClN2O3. The van der Waals surface area contributed by atoms with Crippen LogP contribution in [-0.4, -0.2) is 18.1 Å². The average Bonchev–Trinajstić information content (AvgIpc) is 2.87. The summed E-state index contributed by atoms with van der Waals surface area (Å²) in [5.74, 6) is -0.878. The van der Waals surface area contributed by atoms with Crippen molar-refractivity contribution >= 4 is 29.7 Å². The maximum Gasteiger partial charge on any atom is 0.345 e. The second-order valence-corrected chi connectivity index (χ2v) is 7.83. The molecule has 1 amide bonds. The summed E-state index contributed by atoms with van der Waals surface area (Å²) in [7, 11) is 0. The minimum atomic E-state index is -0.535. The lowest BCUT2D eigenvalue weighted by atomic mass is 9.91. The van der Waals surface area contributed by atoms with Gasteiger partial charge in [0.25, 0.3) is 5.91 Å².